The Morgan fingerprint density at radius 1 is 1.53 bits per heavy atom. The third kappa shape index (κ3) is 3.41. The normalized spacial score (nSPS) is 9.94. The number of aromatic nitrogens is 2. The van der Waals surface area contributed by atoms with E-state index in [1.807, 2.05) is 31.2 Å². The molecule has 1 aromatic carbocycles. The third-order valence-electron chi connectivity index (χ3n) is 2.08. The number of ether oxygens (including phenoxy) is 1. The van der Waals surface area contributed by atoms with Crippen molar-refractivity contribution in [1.29, 1.82) is 0 Å². The van der Waals surface area contributed by atoms with Crippen LogP contribution in [0.3, 0.4) is 0 Å². The summed E-state index contributed by atoms with van der Waals surface area (Å²) in [6.45, 7) is 6.34. The average molecular weight is 271 g/mol. The molecule has 0 saturated carbocycles. The standard InChI is InChI=1S/C12H14N2OS.ClH/c1-3-7-16-12-13-10-6-5-9(15-4-2)8-11(10)14-12;/h3,5-6,8H,1,4,7H2,2H3,(H,13,14);1H. The van der Waals surface area contributed by atoms with E-state index in [-0.39, 0.29) is 12.4 Å². The lowest BCUT2D eigenvalue weighted by Crippen LogP contribution is -1.90. The fraction of sp³-hybridized carbons (Fsp3) is 0.250. The van der Waals surface area contributed by atoms with Crippen LogP contribution in [-0.2, 0) is 0 Å². The van der Waals surface area contributed by atoms with Gasteiger partial charge in [-0.05, 0) is 19.1 Å². The molecule has 1 aromatic heterocycles. The minimum absolute atomic E-state index is 0. The van der Waals surface area contributed by atoms with Gasteiger partial charge >= 0.3 is 0 Å². The van der Waals surface area contributed by atoms with Crippen molar-refractivity contribution >= 4 is 35.2 Å². The van der Waals surface area contributed by atoms with Crippen LogP contribution in [-0.4, -0.2) is 22.3 Å². The molecule has 0 bridgehead atoms. The fourth-order valence-corrected chi connectivity index (χ4v) is 2.05. The Morgan fingerprint density at radius 3 is 3.06 bits per heavy atom. The van der Waals surface area contributed by atoms with Crippen molar-refractivity contribution in [3.8, 4) is 5.75 Å². The molecule has 2 aromatic rings. The van der Waals surface area contributed by atoms with E-state index < -0.39 is 0 Å². The van der Waals surface area contributed by atoms with Gasteiger partial charge in [0.25, 0.3) is 0 Å². The summed E-state index contributed by atoms with van der Waals surface area (Å²) in [5, 5.41) is 0.920. The lowest BCUT2D eigenvalue weighted by molar-refractivity contribution is 0.340. The molecule has 5 heteroatoms. The number of nitrogens with one attached hydrogen (secondary N) is 1. The lowest BCUT2D eigenvalue weighted by Gasteiger charge is -2.00. The van der Waals surface area contributed by atoms with Gasteiger partial charge in [-0.3, -0.25) is 0 Å². The molecule has 1 heterocycles. The summed E-state index contributed by atoms with van der Waals surface area (Å²) in [6.07, 6.45) is 1.86. The van der Waals surface area contributed by atoms with Crippen molar-refractivity contribution in [2.24, 2.45) is 0 Å². The molecule has 0 unspecified atom stereocenters. The number of aromatic amines is 1. The highest BCUT2D eigenvalue weighted by Gasteiger charge is 2.03. The first kappa shape index (κ1) is 13.9. The summed E-state index contributed by atoms with van der Waals surface area (Å²) in [5.74, 6) is 1.73. The summed E-state index contributed by atoms with van der Waals surface area (Å²) >= 11 is 1.64. The van der Waals surface area contributed by atoms with E-state index in [1.165, 1.54) is 0 Å². The van der Waals surface area contributed by atoms with Gasteiger partial charge in [0.1, 0.15) is 5.75 Å². The molecular formula is C12H15ClN2OS. The maximum atomic E-state index is 5.43. The number of fused-ring (bicyclic) bond motifs is 1. The zero-order valence-corrected chi connectivity index (χ0v) is 11.2. The van der Waals surface area contributed by atoms with Gasteiger partial charge in [0.15, 0.2) is 5.16 Å². The Bertz CT molecular complexity index is 498. The molecule has 0 aliphatic heterocycles. The van der Waals surface area contributed by atoms with Crippen LogP contribution in [0, 0.1) is 0 Å². The first-order chi connectivity index (χ1) is 7.83. The van der Waals surface area contributed by atoms with E-state index in [0.29, 0.717) is 6.61 Å². The van der Waals surface area contributed by atoms with Gasteiger partial charge < -0.3 is 9.72 Å². The molecule has 0 saturated heterocycles. The molecule has 92 valence electrons. The SMILES string of the molecule is C=CCSc1nc2ccc(OCC)cc2[nH]1.Cl. The fourth-order valence-electron chi connectivity index (χ4n) is 1.43. The Morgan fingerprint density at radius 2 is 2.35 bits per heavy atom. The van der Waals surface area contributed by atoms with Crippen LogP contribution in [0.5, 0.6) is 5.75 Å². The number of hydrogen-bond donors (Lipinski definition) is 1. The summed E-state index contributed by atoms with van der Waals surface area (Å²) < 4.78 is 5.43. The van der Waals surface area contributed by atoms with Crippen molar-refractivity contribution in [1.82, 2.24) is 9.97 Å². The van der Waals surface area contributed by atoms with Crippen LogP contribution in [0.4, 0.5) is 0 Å². The molecule has 0 aliphatic rings. The second-order valence-corrected chi connectivity index (χ2v) is 4.26. The van der Waals surface area contributed by atoms with Gasteiger partial charge in [0, 0.05) is 11.8 Å². The molecule has 17 heavy (non-hydrogen) atoms. The van der Waals surface area contributed by atoms with Crippen LogP contribution in [0.2, 0.25) is 0 Å². The Kier molecular flexibility index (Phi) is 5.38. The molecule has 0 spiro atoms. The highest BCUT2D eigenvalue weighted by Crippen LogP contribution is 2.23. The maximum absolute atomic E-state index is 5.43. The van der Waals surface area contributed by atoms with Crippen LogP contribution in [0.15, 0.2) is 36.0 Å². The van der Waals surface area contributed by atoms with E-state index in [2.05, 4.69) is 16.5 Å². The predicted octanol–water partition coefficient (Wildman–Crippen LogP) is 3.66. The van der Waals surface area contributed by atoms with Gasteiger partial charge in [-0.25, -0.2) is 4.98 Å². The molecule has 0 atom stereocenters. The molecule has 1 N–H and O–H groups in total. The smallest absolute Gasteiger partial charge is 0.166 e. The van der Waals surface area contributed by atoms with Gasteiger partial charge in [0.2, 0.25) is 0 Å². The third-order valence-corrected chi connectivity index (χ3v) is 2.95. The van der Waals surface area contributed by atoms with E-state index in [1.54, 1.807) is 11.8 Å². The van der Waals surface area contributed by atoms with Crippen molar-refractivity contribution < 1.29 is 4.74 Å². The quantitative estimate of drug-likeness (QED) is 0.666. The zero-order chi connectivity index (χ0) is 11.4. The lowest BCUT2D eigenvalue weighted by atomic mass is 10.3. The van der Waals surface area contributed by atoms with Gasteiger partial charge in [0.05, 0.1) is 17.6 Å². The van der Waals surface area contributed by atoms with Crippen molar-refractivity contribution in [2.75, 3.05) is 12.4 Å². The first-order valence-electron chi connectivity index (χ1n) is 5.19. The highest BCUT2D eigenvalue weighted by molar-refractivity contribution is 7.99. The van der Waals surface area contributed by atoms with Gasteiger partial charge in [-0.2, -0.15) is 0 Å². The molecule has 0 aliphatic carbocycles. The number of thioether (sulfide) groups is 1. The van der Waals surface area contributed by atoms with Crippen LogP contribution >= 0.6 is 24.2 Å². The first-order valence-corrected chi connectivity index (χ1v) is 6.18. The zero-order valence-electron chi connectivity index (χ0n) is 9.60. The van der Waals surface area contributed by atoms with Crippen molar-refractivity contribution in [2.45, 2.75) is 12.1 Å². The van der Waals surface area contributed by atoms with Crippen molar-refractivity contribution in [3.63, 3.8) is 0 Å². The summed E-state index contributed by atoms with van der Waals surface area (Å²) in [7, 11) is 0. The van der Waals surface area contributed by atoms with Crippen LogP contribution in [0.1, 0.15) is 6.92 Å². The van der Waals surface area contributed by atoms with E-state index in [9.17, 15) is 0 Å². The maximum Gasteiger partial charge on any atom is 0.166 e. The second kappa shape index (κ2) is 6.57. The number of nitrogens with zero attached hydrogens (tertiary/aromatic N) is 1. The molecule has 3 nitrogen and oxygen atoms in total. The highest BCUT2D eigenvalue weighted by atomic mass is 35.5. The Balaban J connectivity index is 0.00000144. The Labute approximate surface area is 111 Å². The molecule has 0 amide bonds. The number of hydrogen-bond acceptors (Lipinski definition) is 3. The minimum Gasteiger partial charge on any atom is -0.494 e. The van der Waals surface area contributed by atoms with Gasteiger partial charge in [-0.15, -0.1) is 19.0 Å². The van der Waals surface area contributed by atoms with E-state index >= 15 is 0 Å². The summed E-state index contributed by atoms with van der Waals surface area (Å²) in [4.78, 5) is 7.71. The van der Waals surface area contributed by atoms with E-state index in [4.69, 9.17) is 4.74 Å². The number of rotatable bonds is 5. The number of benzene rings is 1. The average Bonchev–Trinajstić information content (AvgIpc) is 2.68. The topological polar surface area (TPSA) is 37.9 Å². The number of halogens is 1. The monoisotopic (exact) mass is 270 g/mol. The number of H-pyrrole nitrogens is 1. The van der Waals surface area contributed by atoms with Crippen molar-refractivity contribution in [3.05, 3.63) is 30.9 Å². The largest absolute Gasteiger partial charge is 0.494 e. The summed E-state index contributed by atoms with van der Waals surface area (Å²) in [6, 6.07) is 5.88. The van der Waals surface area contributed by atoms with Crippen LogP contribution < -0.4 is 4.74 Å². The number of imidazole rings is 1. The molecule has 2 rings (SSSR count). The second-order valence-electron chi connectivity index (χ2n) is 3.25. The van der Waals surface area contributed by atoms with E-state index in [0.717, 1.165) is 27.7 Å². The molecule has 0 fully saturated rings. The van der Waals surface area contributed by atoms with Crippen LogP contribution in [0.25, 0.3) is 11.0 Å². The predicted molar refractivity (Wildman–Crippen MR) is 75.4 cm³/mol. The summed E-state index contributed by atoms with van der Waals surface area (Å²) in [5.41, 5.74) is 1.98. The Hall–Kier alpha value is -1.13. The minimum atomic E-state index is 0. The molecule has 0 radical (unpaired) electrons. The van der Waals surface area contributed by atoms with Gasteiger partial charge in [-0.1, -0.05) is 17.8 Å². The molecular weight excluding hydrogens is 256 g/mol.